The van der Waals surface area contributed by atoms with Crippen molar-refractivity contribution < 1.29 is 4.79 Å². The number of anilines is 1. The average Bonchev–Trinajstić information content (AvgIpc) is 3.13. The number of imidazole rings is 1. The number of piperidine rings is 1. The van der Waals surface area contributed by atoms with Crippen LogP contribution >= 0.6 is 0 Å². The van der Waals surface area contributed by atoms with E-state index >= 15 is 0 Å². The van der Waals surface area contributed by atoms with Crippen molar-refractivity contribution in [2.24, 2.45) is 5.92 Å². The number of aromatic nitrogens is 2. The van der Waals surface area contributed by atoms with Crippen molar-refractivity contribution in [1.82, 2.24) is 14.9 Å². The standard InChI is InChI=1S/C24H30N4O/c1-3-15-28-22-12-8-7-11-21(22)26-24(28)27-16-13-20(14-17-27)23(29)25-18(2)19-9-5-4-6-10-19/h4-12,18,20H,3,13-17H2,1-2H3,(H,25,29)/t18-/m0/s1. The van der Waals surface area contributed by atoms with Gasteiger partial charge in [-0.25, -0.2) is 4.98 Å². The quantitative estimate of drug-likeness (QED) is 0.672. The van der Waals surface area contributed by atoms with Crippen LogP contribution in [0.5, 0.6) is 0 Å². The summed E-state index contributed by atoms with van der Waals surface area (Å²) in [5.74, 6) is 1.29. The van der Waals surface area contributed by atoms with E-state index in [-0.39, 0.29) is 17.9 Å². The molecule has 5 heteroatoms. The summed E-state index contributed by atoms with van der Waals surface area (Å²) in [5.41, 5.74) is 3.39. The van der Waals surface area contributed by atoms with Gasteiger partial charge < -0.3 is 14.8 Å². The second-order valence-corrected chi connectivity index (χ2v) is 7.95. The minimum absolute atomic E-state index is 0.0375. The molecular weight excluding hydrogens is 360 g/mol. The molecule has 1 N–H and O–H groups in total. The molecule has 0 aliphatic carbocycles. The van der Waals surface area contributed by atoms with Crippen LogP contribution in [0.2, 0.25) is 0 Å². The molecule has 0 spiro atoms. The van der Waals surface area contributed by atoms with Crippen LogP contribution < -0.4 is 10.2 Å². The van der Waals surface area contributed by atoms with Gasteiger partial charge >= 0.3 is 0 Å². The zero-order valence-corrected chi connectivity index (χ0v) is 17.3. The van der Waals surface area contributed by atoms with Crippen molar-refractivity contribution in [1.29, 1.82) is 0 Å². The molecule has 0 unspecified atom stereocenters. The molecule has 1 aliphatic heterocycles. The van der Waals surface area contributed by atoms with Crippen LogP contribution in [0.25, 0.3) is 11.0 Å². The van der Waals surface area contributed by atoms with Crippen LogP contribution in [0, 0.1) is 5.92 Å². The number of benzene rings is 2. The fraction of sp³-hybridized carbons (Fsp3) is 0.417. The van der Waals surface area contributed by atoms with E-state index in [4.69, 9.17) is 4.98 Å². The first-order chi connectivity index (χ1) is 14.2. The molecule has 1 atom stereocenters. The highest BCUT2D eigenvalue weighted by atomic mass is 16.1. The van der Waals surface area contributed by atoms with E-state index in [1.165, 1.54) is 5.52 Å². The van der Waals surface area contributed by atoms with Gasteiger partial charge in [-0.2, -0.15) is 0 Å². The normalized spacial score (nSPS) is 16.1. The topological polar surface area (TPSA) is 50.2 Å². The van der Waals surface area contributed by atoms with Gasteiger partial charge in [0.05, 0.1) is 17.1 Å². The zero-order chi connectivity index (χ0) is 20.2. The van der Waals surface area contributed by atoms with Crippen molar-refractivity contribution >= 4 is 22.9 Å². The van der Waals surface area contributed by atoms with E-state index in [9.17, 15) is 4.79 Å². The van der Waals surface area contributed by atoms with Crippen LogP contribution in [0.15, 0.2) is 54.6 Å². The Morgan fingerprint density at radius 3 is 2.52 bits per heavy atom. The number of amides is 1. The summed E-state index contributed by atoms with van der Waals surface area (Å²) < 4.78 is 2.33. The molecule has 3 aromatic rings. The largest absolute Gasteiger partial charge is 0.349 e. The fourth-order valence-corrected chi connectivity index (χ4v) is 4.25. The van der Waals surface area contributed by atoms with Crippen molar-refractivity contribution in [2.75, 3.05) is 18.0 Å². The van der Waals surface area contributed by atoms with Gasteiger partial charge in [0.25, 0.3) is 0 Å². The van der Waals surface area contributed by atoms with Crippen LogP contribution in [0.3, 0.4) is 0 Å². The molecule has 2 heterocycles. The van der Waals surface area contributed by atoms with Gasteiger partial charge in [-0.1, -0.05) is 49.4 Å². The monoisotopic (exact) mass is 390 g/mol. The minimum atomic E-state index is 0.0375. The minimum Gasteiger partial charge on any atom is -0.349 e. The number of carbonyl (C=O) groups is 1. The lowest BCUT2D eigenvalue weighted by molar-refractivity contribution is -0.126. The highest BCUT2D eigenvalue weighted by Crippen LogP contribution is 2.27. The molecule has 2 aromatic carbocycles. The maximum absolute atomic E-state index is 12.8. The number of nitrogens with zero attached hydrogens (tertiary/aromatic N) is 3. The summed E-state index contributed by atoms with van der Waals surface area (Å²) in [6, 6.07) is 18.5. The predicted molar refractivity (Wildman–Crippen MR) is 118 cm³/mol. The molecule has 0 radical (unpaired) electrons. The molecule has 1 amide bonds. The van der Waals surface area contributed by atoms with Gasteiger partial charge in [-0.3, -0.25) is 4.79 Å². The van der Waals surface area contributed by atoms with Gasteiger partial charge in [0.15, 0.2) is 0 Å². The SMILES string of the molecule is CCCn1c(N2CCC(C(=O)N[C@@H](C)c3ccccc3)CC2)nc2ccccc21. The summed E-state index contributed by atoms with van der Waals surface area (Å²) >= 11 is 0. The number of hydrogen-bond donors (Lipinski definition) is 1. The van der Waals surface area contributed by atoms with E-state index in [0.29, 0.717) is 0 Å². The Balaban J connectivity index is 1.41. The number of aryl methyl sites for hydroxylation is 1. The highest BCUT2D eigenvalue weighted by molar-refractivity contribution is 5.80. The number of para-hydroxylation sites is 2. The van der Waals surface area contributed by atoms with Crippen LogP contribution in [-0.2, 0) is 11.3 Å². The zero-order valence-electron chi connectivity index (χ0n) is 17.3. The molecule has 0 bridgehead atoms. The van der Waals surface area contributed by atoms with Gasteiger partial charge in [-0.15, -0.1) is 0 Å². The summed E-state index contributed by atoms with van der Waals surface area (Å²) in [5, 5.41) is 3.20. The van der Waals surface area contributed by atoms with Crippen LogP contribution in [0.4, 0.5) is 5.95 Å². The van der Waals surface area contributed by atoms with Gasteiger partial charge in [0, 0.05) is 25.6 Å². The van der Waals surface area contributed by atoms with Crippen molar-refractivity contribution in [3.05, 3.63) is 60.2 Å². The van der Waals surface area contributed by atoms with Crippen LogP contribution in [0.1, 0.15) is 44.7 Å². The summed E-state index contributed by atoms with van der Waals surface area (Å²) in [6.07, 6.45) is 2.80. The average molecular weight is 391 g/mol. The lowest BCUT2D eigenvalue weighted by Gasteiger charge is -2.33. The Hall–Kier alpha value is -2.82. The van der Waals surface area contributed by atoms with E-state index in [1.54, 1.807) is 0 Å². The second-order valence-electron chi connectivity index (χ2n) is 7.95. The summed E-state index contributed by atoms with van der Waals surface area (Å²) in [4.78, 5) is 20.0. The summed E-state index contributed by atoms with van der Waals surface area (Å²) in [7, 11) is 0. The predicted octanol–water partition coefficient (Wildman–Crippen LogP) is 4.54. The van der Waals surface area contributed by atoms with E-state index < -0.39 is 0 Å². The Morgan fingerprint density at radius 2 is 1.79 bits per heavy atom. The molecule has 1 aromatic heterocycles. The maximum atomic E-state index is 12.8. The number of hydrogen-bond acceptors (Lipinski definition) is 3. The van der Waals surface area contributed by atoms with Gasteiger partial charge in [0.2, 0.25) is 11.9 Å². The Morgan fingerprint density at radius 1 is 1.10 bits per heavy atom. The van der Waals surface area contributed by atoms with Crippen molar-refractivity contribution in [3.63, 3.8) is 0 Å². The van der Waals surface area contributed by atoms with Crippen molar-refractivity contribution in [3.8, 4) is 0 Å². The molecule has 0 saturated carbocycles. The first-order valence-electron chi connectivity index (χ1n) is 10.7. The lowest BCUT2D eigenvalue weighted by Crippen LogP contribution is -2.42. The van der Waals surface area contributed by atoms with Crippen LogP contribution in [-0.4, -0.2) is 28.5 Å². The van der Waals surface area contributed by atoms with Gasteiger partial charge in [-0.05, 0) is 43.9 Å². The number of rotatable bonds is 6. The highest BCUT2D eigenvalue weighted by Gasteiger charge is 2.28. The maximum Gasteiger partial charge on any atom is 0.223 e. The second kappa shape index (κ2) is 8.68. The third-order valence-corrected chi connectivity index (χ3v) is 5.89. The number of carbonyl (C=O) groups excluding carboxylic acids is 1. The molecule has 4 rings (SSSR count). The van der Waals surface area contributed by atoms with E-state index in [0.717, 1.165) is 55.9 Å². The summed E-state index contributed by atoms with van der Waals surface area (Å²) in [6.45, 7) is 6.94. The smallest absolute Gasteiger partial charge is 0.223 e. The van der Waals surface area contributed by atoms with Crippen molar-refractivity contribution in [2.45, 2.75) is 45.7 Å². The molecule has 1 fully saturated rings. The number of nitrogens with one attached hydrogen (secondary N) is 1. The van der Waals surface area contributed by atoms with E-state index in [1.807, 2.05) is 24.3 Å². The first-order valence-corrected chi connectivity index (χ1v) is 10.7. The molecule has 29 heavy (non-hydrogen) atoms. The fourth-order valence-electron chi connectivity index (χ4n) is 4.25. The van der Waals surface area contributed by atoms with E-state index in [2.05, 4.69) is 59.0 Å². The molecule has 1 aliphatic rings. The molecular formula is C24H30N4O. The Bertz CT molecular complexity index is 957. The first kappa shape index (κ1) is 19.5. The molecule has 152 valence electrons. The third-order valence-electron chi connectivity index (χ3n) is 5.89. The lowest BCUT2D eigenvalue weighted by atomic mass is 9.95. The third kappa shape index (κ3) is 4.14. The molecule has 1 saturated heterocycles. The number of fused-ring (bicyclic) bond motifs is 1. The molecule has 5 nitrogen and oxygen atoms in total. The Kier molecular flexibility index (Phi) is 5.84. The Labute approximate surface area is 172 Å². The van der Waals surface area contributed by atoms with Gasteiger partial charge in [0.1, 0.15) is 0 Å².